The lowest BCUT2D eigenvalue weighted by molar-refractivity contribution is 0.0697. The number of aromatic nitrogens is 3. The molecule has 4 aromatic carbocycles. The number of carboxylic acids is 1. The van der Waals surface area contributed by atoms with Crippen LogP contribution in [0.5, 0.6) is 5.75 Å². The molecular weight excluding hydrogens is 552 g/mol. The number of para-hydroxylation sites is 2. The summed E-state index contributed by atoms with van der Waals surface area (Å²) < 4.78 is 9.14. The van der Waals surface area contributed by atoms with E-state index in [1.807, 2.05) is 79.9 Å². The topological polar surface area (TPSA) is 98.7 Å². The Bertz CT molecular complexity index is 2120. The van der Waals surface area contributed by atoms with Gasteiger partial charge in [0.15, 0.2) is 5.82 Å². The quantitative estimate of drug-likeness (QED) is 0.193. The zero-order valence-electron chi connectivity index (χ0n) is 25.0. The van der Waals surface area contributed by atoms with E-state index < -0.39 is 5.97 Å². The monoisotopic (exact) mass is 584 g/mol. The van der Waals surface area contributed by atoms with Crippen LogP contribution in [0, 0.1) is 6.92 Å². The van der Waals surface area contributed by atoms with Crippen molar-refractivity contribution in [2.24, 2.45) is 5.10 Å². The zero-order chi connectivity index (χ0) is 31.0. The van der Waals surface area contributed by atoms with Crippen molar-refractivity contribution in [3.63, 3.8) is 0 Å². The summed E-state index contributed by atoms with van der Waals surface area (Å²) in [6.45, 7) is 6.73. The summed E-state index contributed by atoms with van der Waals surface area (Å²) in [5, 5.41) is 15.5. The number of methoxy groups -OCH3 is 1. The second-order valence-corrected chi connectivity index (χ2v) is 11.1. The second-order valence-electron chi connectivity index (χ2n) is 11.1. The van der Waals surface area contributed by atoms with E-state index in [0.29, 0.717) is 23.3 Å². The number of aryl methyl sites for hydroxylation is 1. The molecule has 0 aliphatic rings. The van der Waals surface area contributed by atoms with Gasteiger partial charge >= 0.3 is 5.97 Å². The van der Waals surface area contributed by atoms with Gasteiger partial charge in [0, 0.05) is 34.8 Å². The summed E-state index contributed by atoms with van der Waals surface area (Å²) in [6, 6.07) is 26.2. The second kappa shape index (κ2) is 11.6. The molecule has 6 aromatic rings. The minimum atomic E-state index is -0.954. The molecule has 0 aliphatic heterocycles. The van der Waals surface area contributed by atoms with Crippen LogP contribution < -0.4 is 10.3 Å². The predicted octanol–water partition coefficient (Wildman–Crippen LogP) is 7.09. The Kier molecular flexibility index (Phi) is 7.57. The van der Waals surface area contributed by atoms with Crippen molar-refractivity contribution in [3.05, 3.63) is 129 Å². The maximum atomic E-state index is 13.9. The van der Waals surface area contributed by atoms with E-state index >= 15 is 0 Å². The average molecular weight is 585 g/mol. The Labute approximate surface area is 254 Å². The van der Waals surface area contributed by atoms with Gasteiger partial charge in [-0.1, -0.05) is 56.3 Å². The van der Waals surface area contributed by atoms with Crippen molar-refractivity contribution >= 4 is 34.0 Å². The van der Waals surface area contributed by atoms with Gasteiger partial charge in [0.05, 0.1) is 29.8 Å². The Morgan fingerprint density at radius 1 is 1.00 bits per heavy atom. The van der Waals surface area contributed by atoms with Crippen molar-refractivity contribution in [2.45, 2.75) is 33.2 Å². The minimum Gasteiger partial charge on any atom is -0.496 e. The normalized spacial score (nSPS) is 11.7. The van der Waals surface area contributed by atoms with E-state index in [9.17, 15) is 14.7 Å². The highest BCUT2D eigenvalue weighted by atomic mass is 16.5. The highest BCUT2D eigenvalue weighted by Gasteiger charge is 2.18. The minimum absolute atomic E-state index is 0.194. The Morgan fingerprint density at radius 2 is 1.70 bits per heavy atom. The molecule has 0 unspecified atom stereocenters. The van der Waals surface area contributed by atoms with Gasteiger partial charge < -0.3 is 14.4 Å². The van der Waals surface area contributed by atoms with Crippen LogP contribution in [0.2, 0.25) is 0 Å². The van der Waals surface area contributed by atoms with E-state index in [2.05, 4.69) is 18.4 Å². The first kappa shape index (κ1) is 28.6. The maximum absolute atomic E-state index is 13.9. The van der Waals surface area contributed by atoms with Crippen LogP contribution in [0.3, 0.4) is 0 Å². The van der Waals surface area contributed by atoms with Crippen LogP contribution in [0.4, 0.5) is 0 Å². The number of rotatable bonds is 8. The standard InChI is InChI=1S/C36H32N4O4/c1-22(2)29-18-30(23(3)17-33(29)44-4)34-38-31-11-7-5-10-28(31)35(41)40(34)37-19-26-21-39(32-12-8-6-9-27(26)32)20-24-13-15-25(16-14-24)36(42)43/h5-19,21-22H,20H2,1-4H3,(H,42,43). The van der Waals surface area contributed by atoms with E-state index in [0.717, 1.165) is 44.5 Å². The van der Waals surface area contributed by atoms with Crippen LogP contribution in [0.1, 0.15) is 52.4 Å². The van der Waals surface area contributed by atoms with Crippen molar-refractivity contribution in [1.29, 1.82) is 0 Å². The number of hydrogen-bond donors (Lipinski definition) is 1. The SMILES string of the molecule is COc1cc(C)c(-c2nc3ccccc3c(=O)n2N=Cc2cn(Cc3ccc(C(=O)O)cc3)c3ccccc23)cc1C(C)C. The molecule has 8 nitrogen and oxygen atoms in total. The van der Waals surface area contributed by atoms with Gasteiger partial charge in [-0.3, -0.25) is 4.79 Å². The summed E-state index contributed by atoms with van der Waals surface area (Å²) in [5.41, 5.74) is 6.13. The van der Waals surface area contributed by atoms with E-state index in [-0.39, 0.29) is 17.0 Å². The molecule has 1 N–H and O–H groups in total. The molecule has 0 fully saturated rings. The molecule has 0 saturated heterocycles. The zero-order valence-corrected chi connectivity index (χ0v) is 25.0. The molecule has 8 heteroatoms. The first-order chi connectivity index (χ1) is 21.2. The maximum Gasteiger partial charge on any atom is 0.335 e. The summed E-state index contributed by atoms with van der Waals surface area (Å²) in [7, 11) is 1.66. The molecule has 6 rings (SSSR count). The van der Waals surface area contributed by atoms with Crippen LogP contribution in [0.25, 0.3) is 33.2 Å². The number of carboxylic acid groups (broad SMARTS) is 1. The molecule has 0 atom stereocenters. The molecule has 2 heterocycles. The van der Waals surface area contributed by atoms with Gasteiger partial charge in [0.2, 0.25) is 0 Å². The van der Waals surface area contributed by atoms with Crippen molar-refractivity contribution in [1.82, 2.24) is 14.2 Å². The molecule has 0 bridgehead atoms. The third-order valence-electron chi connectivity index (χ3n) is 7.88. The fourth-order valence-corrected chi connectivity index (χ4v) is 5.55. The number of benzene rings is 4. The smallest absolute Gasteiger partial charge is 0.335 e. The summed E-state index contributed by atoms with van der Waals surface area (Å²) >= 11 is 0. The molecule has 0 amide bonds. The van der Waals surface area contributed by atoms with Gasteiger partial charge in [-0.05, 0) is 72.0 Å². The largest absolute Gasteiger partial charge is 0.496 e. The average Bonchev–Trinajstić information content (AvgIpc) is 3.37. The number of ether oxygens (including phenoxy) is 1. The van der Waals surface area contributed by atoms with Gasteiger partial charge in [0.25, 0.3) is 5.56 Å². The van der Waals surface area contributed by atoms with Crippen LogP contribution in [-0.4, -0.2) is 38.6 Å². The Balaban J connectivity index is 1.49. The first-order valence-electron chi connectivity index (χ1n) is 14.4. The van der Waals surface area contributed by atoms with Crippen LogP contribution in [0.15, 0.2) is 101 Å². The van der Waals surface area contributed by atoms with Crippen molar-refractivity contribution < 1.29 is 14.6 Å². The number of fused-ring (bicyclic) bond motifs is 2. The molecular formula is C36H32N4O4. The number of hydrogen-bond acceptors (Lipinski definition) is 5. The van der Waals surface area contributed by atoms with Gasteiger partial charge in [-0.2, -0.15) is 9.78 Å². The first-order valence-corrected chi connectivity index (χ1v) is 14.4. The van der Waals surface area contributed by atoms with E-state index in [4.69, 9.17) is 14.8 Å². The fraction of sp³-hybridized carbons (Fsp3) is 0.167. The highest BCUT2D eigenvalue weighted by Crippen LogP contribution is 2.34. The molecule has 0 saturated carbocycles. The van der Waals surface area contributed by atoms with Crippen molar-refractivity contribution in [3.8, 4) is 17.1 Å². The summed E-state index contributed by atoms with van der Waals surface area (Å²) in [6.07, 6.45) is 3.70. The molecule has 0 radical (unpaired) electrons. The third kappa shape index (κ3) is 5.26. The molecule has 0 aliphatic carbocycles. The molecule has 44 heavy (non-hydrogen) atoms. The van der Waals surface area contributed by atoms with Gasteiger partial charge in [-0.15, -0.1) is 0 Å². The van der Waals surface area contributed by atoms with Crippen LogP contribution >= 0.6 is 0 Å². The lowest BCUT2D eigenvalue weighted by Gasteiger charge is -2.17. The summed E-state index contributed by atoms with van der Waals surface area (Å²) in [4.78, 5) is 30.1. The van der Waals surface area contributed by atoms with Gasteiger partial charge in [0.1, 0.15) is 5.75 Å². The number of nitrogens with zero attached hydrogens (tertiary/aromatic N) is 4. The molecule has 0 spiro atoms. The summed E-state index contributed by atoms with van der Waals surface area (Å²) in [5.74, 6) is 0.489. The number of aromatic carboxylic acids is 1. The third-order valence-corrected chi connectivity index (χ3v) is 7.88. The predicted molar refractivity (Wildman–Crippen MR) is 174 cm³/mol. The van der Waals surface area contributed by atoms with E-state index in [1.165, 1.54) is 4.68 Å². The Hall–Kier alpha value is -5.50. The lowest BCUT2D eigenvalue weighted by atomic mass is 9.96. The molecule has 220 valence electrons. The van der Waals surface area contributed by atoms with Crippen LogP contribution in [-0.2, 0) is 6.54 Å². The highest BCUT2D eigenvalue weighted by molar-refractivity contribution is 5.99. The molecule has 2 aromatic heterocycles. The van der Waals surface area contributed by atoms with Crippen molar-refractivity contribution in [2.75, 3.05) is 7.11 Å². The lowest BCUT2D eigenvalue weighted by Crippen LogP contribution is -2.20. The Morgan fingerprint density at radius 3 is 2.41 bits per heavy atom. The van der Waals surface area contributed by atoms with Gasteiger partial charge in [-0.25, -0.2) is 9.78 Å². The fourth-order valence-electron chi connectivity index (χ4n) is 5.55. The van der Waals surface area contributed by atoms with E-state index in [1.54, 1.807) is 31.5 Å². The number of carbonyl (C=O) groups is 1.